The van der Waals surface area contributed by atoms with Crippen LogP contribution in [0.4, 0.5) is 5.69 Å². The molecule has 0 atom stereocenters. The predicted molar refractivity (Wildman–Crippen MR) is 92.0 cm³/mol. The van der Waals surface area contributed by atoms with E-state index in [-0.39, 0.29) is 12.0 Å². The summed E-state index contributed by atoms with van der Waals surface area (Å²) in [4.78, 5) is 12.2. The molecule has 0 aliphatic heterocycles. The number of hydrogen-bond donors (Lipinski definition) is 1. The van der Waals surface area contributed by atoms with Gasteiger partial charge in [0.1, 0.15) is 5.75 Å². The number of benzene rings is 2. The fourth-order valence-corrected chi connectivity index (χ4v) is 3.07. The molecule has 0 aliphatic rings. The number of amides is 1. The lowest BCUT2D eigenvalue weighted by atomic mass is 10.2. The van der Waals surface area contributed by atoms with Gasteiger partial charge in [-0.15, -0.1) is 0 Å². The van der Waals surface area contributed by atoms with E-state index in [2.05, 4.69) is 37.2 Å². The Kier molecular flexibility index (Phi) is 5.42. The van der Waals surface area contributed by atoms with Gasteiger partial charge in [0.25, 0.3) is 5.91 Å². The van der Waals surface area contributed by atoms with Crippen LogP contribution in [0, 0.1) is 0 Å². The second-order valence-electron chi connectivity index (χ2n) is 4.80. The summed E-state index contributed by atoms with van der Waals surface area (Å²) in [6.07, 6.45) is 0.129. The van der Waals surface area contributed by atoms with E-state index in [9.17, 15) is 4.79 Å². The van der Waals surface area contributed by atoms with E-state index in [0.29, 0.717) is 5.56 Å². The Bertz CT molecular complexity index is 619. The topological polar surface area (TPSA) is 38.3 Å². The van der Waals surface area contributed by atoms with Gasteiger partial charge in [-0.2, -0.15) is 0 Å². The fourth-order valence-electron chi connectivity index (χ4n) is 1.78. The van der Waals surface area contributed by atoms with Crippen LogP contribution in [-0.4, -0.2) is 12.0 Å². The third kappa shape index (κ3) is 4.86. The van der Waals surface area contributed by atoms with E-state index >= 15 is 0 Å². The molecule has 21 heavy (non-hydrogen) atoms. The number of halogens is 2. The average Bonchev–Trinajstić information content (AvgIpc) is 2.39. The van der Waals surface area contributed by atoms with Gasteiger partial charge in [0, 0.05) is 20.2 Å². The smallest absolute Gasteiger partial charge is 0.255 e. The van der Waals surface area contributed by atoms with Crippen molar-refractivity contribution in [1.82, 2.24) is 0 Å². The first-order valence-corrected chi connectivity index (χ1v) is 8.07. The molecule has 0 saturated heterocycles. The third-order valence-corrected chi connectivity index (χ3v) is 3.52. The zero-order chi connectivity index (χ0) is 15.4. The highest BCUT2D eigenvalue weighted by molar-refractivity contribution is 9.11. The van der Waals surface area contributed by atoms with Crippen molar-refractivity contribution in [3.05, 3.63) is 57.0 Å². The van der Waals surface area contributed by atoms with Gasteiger partial charge in [-0.25, -0.2) is 0 Å². The van der Waals surface area contributed by atoms with E-state index in [1.165, 1.54) is 0 Å². The number of carbonyl (C=O) groups is 1. The number of hydrogen-bond acceptors (Lipinski definition) is 2. The zero-order valence-corrected chi connectivity index (χ0v) is 14.9. The maximum atomic E-state index is 12.2. The van der Waals surface area contributed by atoms with Crippen molar-refractivity contribution in [2.24, 2.45) is 0 Å². The second kappa shape index (κ2) is 7.09. The highest BCUT2D eigenvalue weighted by atomic mass is 79.9. The van der Waals surface area contributed by atoms with Crippen LogP contribution >= 0.6 is 31.9 Å². The maximum Gasteiger partial charge on any atom is 0.255 e. The molecule has 0 fully saturated rings. The van der Waals surface area contributed by atoms with Gasteiger partial charge in [0.15, 0.2) is 0 Å². The Morgan fingerprint density at radius 2 is 1.62 bits per heavy atom. The molecule has 1 N–H and O–H groups in total. The van der Waals surface area contributed by atoms with Crippen LogP contribution in [0.1, 0.15) is 24.2 Å². The van der Waals surface area contributed by atoms with Crippen LogP contribution in [0.5, 0.6) is 5.75 Å². The van der Waals surface area contributed by atoms with Crippen LogP contribution in [-0.2, 0) is 0 Å². The zero-order valence-electron chi connectivity index (χ0n) is 11.7. The molecule has 0 heterocycles. The monoisotopic (exact) mass is 411 g/mol. The number of anilines is 1. The van der Waals surface area contributed by atoms with Gasteiger partial charge in [-0.1, -0.05) is 31.9 Å². The maximum absolute atomic E-state index is 12.2. The average molecular weight is 413 g/mol. The van der Waals surface area contributed by atoms with Gasteiger partial charge in [0.2, 0.25) is 0 Å². The standard InChI is InChI=1S/C16H15Br2NO2/c1-10(2)21-15-5-3-14(4-6-15)19-16(20)11-7-12(17)9-13(18)8-11/h3-10H,1-2H3,(H,19,20). The minimum Gasteiger partial charge on any atom is -0.491 e. The van der Waals surface area contributed by atoms with Crippen molar-refractivity contribution in [3.63, 3.8) is 0 Å². The summed E-state index contributed by atoms with van der Waals surface area (Å²) in [7, 11) is 0. The molecule has 0 saturated carbocycles. The highest BCUT2D eigenvalue weighted by Crippen LogP contribution is 2.22. The molecular formula is C16H15Br2NO2. The minimum atomic E-state index is -0.158. The van der Waals surface area contributed by atoms with Gasteiger partial charge < -0.3 is 10.1 Å². The van der Waals surface area contributed by atoms with Gasteiger partial charge in [-0.3, -0.25) is 4.79 Å². The predicted octanol–water partition coefficient (Wildman–Crippen LogP) is 5.25. The molecule has 0 spiro atoms. The van der Waals surface area contributed by atoms with Crippen molar-refractivity contribution >= 4 is 43.5 Å². The molecular weight excluding hydrogens is 398 g/mol. The molecule has 110 valence electrons. The molecule has 2 aromatic rings. The van der Waals surface area contributed by atoms with Crippen molar-refractivity contribution in [1.29, 1.82) is 0 Å². The second-order valence-corrected chi connectivity index (χ2v) is 6.63. The van der Waals surface area contributed by atoms with Crippen molar-refractivity contribution in [2.75, 3.05) is 5.32 Å². The van der Waals surface area contributed by atoms with Gasteiger partial charge in [0.05, 0.1) is 6.10 Å². The van der Waals surface area contributed by atoms with Crippen LogP contribution in [0.15, 0.2) is 51.4 Å². The molecule has 3 nitrogen and oxygen atoms in total. The lowest BCUT2D eigenvalue weighted by molar-refractivity contribution is 0.102. The van der Waals surface area contributed by atoms with E-state index < -0.39 is 0 Å². The summed E-state index contributed by atoms with van der Waals surface area (Å²) >= 11 is 6.75. The fraction of sp³-hybridized carbons (Fsp3) is 0.188. The van der Waals surface area contributed by atoms with Crippen molar-refractivity contribution in [3.8, 4) is 5.75 Å². The van der Waals surface area contributed by atoms with E-state index in [4.69, 9.17) is 4.74 Å². The normalized spacial score (nSPS) is 10.5. The molecule has 0 radical (unpaired) electrons. The SMILES string of the molecule is CC(C)Oc1ccc(NC(=O)c2cc(Br)cc(Br)c2)cc1. The minimum absolute atomic E-state index is 0.129. The molecule has 0 bridgehead atoms. The van der Waals surface area contributed by atoms with E-state index in [1.54, 1.807) is 12.1 Å². The van der Waals surface area contributed by atoms with Gasteiger partial charge in [-0.05, 0) is 56.3 Å². The molecule has 0 aromatic heterocycles. The lowest BCUT2D eigenvalue weighted by Crippen LogP contribution is -2.12. The Morgan fingerprint density at radius 3 is 2.14 bits per heavy atom. The van der Waals surface area contributed by atoms with E-state index in [0.717, 1.165) is 20.4 Å². The summed E-state index contributed by atoms with van der Waals surface area (Å²) in [5.41, 5.74) is 1.31. The first-order chi connectivity index (χ1) is 9.94. The summed E-state index contributed by atoms with van der Waals surface area (Å²) < 4.78 is 7.26. The van der Waals surface area contributed by atoms with Crippen LogP contribution in [0.2, 0.25) is 0 Å². The summed E-state index contributed by atoms with van der Waals surface area (Å²) in [5, 5.41) is 2.86. The largest absolute Gasteiger partial charge is 0.491 e. The first kappa shape index (κ1) is 16.0. The molecule has 1 amide bonds. The Labute approximate surface area is 141 Å². The van der Waals surface area contributed by atoms with Gasteiger partial charge >= 0.3 is 0 Å². The van der Waals surface area contributed by atoms with E-state index in [1.807, 2.05) is 44.2 Å². The van der Waals surface area contributed by atoms with Crippen LogP contribution in [0.25, 0.3) is 0 Å². The number of ether oxygens (including phenoxy) is 1. The summed E-state index contributed by atoms with van der Waals surface area (Å²) in [6.45, 7) is 3.95. The molecule has 5 heteroatoms. The molecule has 2 aromatic carbocycles. The Morgan fingerprint density at radius 1 is 1.05 bits per heavy atom. The number of rotatable bonds is 4. The Balaban J connectivity index is 2.08. The van der Waals surface area contributed by atoms with Crippen molar-refractivity contribution < 1.29 is 9.53 Å². The van der Waals surface area contributed by atoms with Crippen molar-refractivity contribution in [2.45, 2.75) is 20.0 Å². The summed E-state index contributed by atoms with van der Waals surface area (Å²) in [6, 6.07) is 12.8. The highest BCUT2D eigenvalue weighted by Gasteiger charge is 2.08. The molecule has 0 aliphatic carbocycles. The molecule has 0 unspecified atom stereocenters. The van der Waals surface area contributed by atoms with Crippen LogP contribution < -0.4 is 10.1 Å². The number of carbonyl (C=O) groups excluding carboxylic acids is 1. The number of nitrogens with one attached hydrogen (secondary N) is 1. The Hall–Kier alpha value is -1.33. The first-order valence-electron chi connectivity index (χ1n) is 6.48. The lowest BCUT2D eigenvalue weighted by Gasteiger charge is -2.11. The quantitative estimate of drug-likeness (QED) is 0.744. The molecule has 2 rings (SSSR count). The third-order valence-electron chi connectivity index (χ3n) is 2.61. The summed E-state index contributed by atoms with van der Waals surface area (Å²) in [5.74, 6) is 0.628. The van der Waals surface area contributed by atoms with Crippen LogP contribution in [0.3, 0.4) is 0 Å².